The number of rotatable bonds is 5. The first-order valence-corrected chi connectivity index (χ1v) is 6.62. The molecule has 2 rings (SSSR count). The summed E-state index contributed by atoms with van der Waals surface area (Å²) < 4.78 is 1.74. The molecule has 0 amide bonds. The average Bonchev–Trinajstić information content (AvgIpc) is 2.95. The summed E-state index contributed by atoms with van der Waals surface area (Å²) in [5.41, 5.74) is 0. The lowest BCUT2D eigenvalue weighted by Gasteiger charge is -2.20. The van der Waals surface area contributed by atoms with Gasteiger partial charge in [-0.3, -0.25) is 4.57 Å². The molecular weight excluding hydrogens is 246 g/mol. The van der Waals surface area contributed by atoms with Gasteiger partial charge in [0.25, 0.3) is 0 Å². The van der Waals surface area contributed by atoms with Crippen LogP contribution in [0.15, 0.2) is 6.33 Å². The Balaban J connectivity index is 2.08. The molecule has 0 N–H and O–H groups in total. The molecule has 0 unspecified atom stereocenters. The largest absolute Gasteiger partial charge is 0.406 e. The Labute approximate surface area is 113 Å². The van der Waals surface area contributed by atoms with Crippen molar-refractivity contribution in [3.8, 4) is 0 Å². The van der Waals surface area contributed by atoms with Crippen molar-refractivity contribution in [1.29, 1.82) is 0 Å². The molecule has 1 saturated heterocycles. The van der Waals surface area contributed by atoms with Crippen molar-refractivity contribution in [2.45, 2.75) is 13.3 Å². The van der Waals surface area contributed by atoms with Gasteiger partial charge in [-0.2, -0.15) is 0 Å². The van der Waals surface area contributed by atoms with Gasteiger partial charge in [0, 0.05) is 26.7 Å². The summed E-state index contributed by atoms with van der Waals surface area (Å²) in [7, 11) is 3.91. The Hall–Kier alpha value is -1.63. The monoisotopic (exact) mass is 267 g/mol. The van der Waals surface area contributed by atoms with Crippen LogP contribution in [0.4, 0.5) is 11.6 Å². The third-order valence-corrected chi connectivity index (χ3v) is 3.76. The van der Waals surface area contributed by atoms with Crippen molar-refractivity contribution in [3.63, 3.8) is 0 Å². The first-order valence-electron chi connectivity index (χ1n) is 6.62. The molecule has 2 heterocycles. The molecule has 1 aliphatic heterocycles. The van der Waals surface area contributed by atoms with E-state index in [9.17, 15) is 10.1 Å². The maximum Gasteiger partial charge on any atom is 0.406 e. The molecule has 1 atom stereocenters. The lowest BCUT2D eigenvalue weighted by molar-refractivity contribution is -0.388. The van der Waals surface area contributed by atoms with Gasteiger partial charge in [-0.25, -0.2) is 0 Å². The summed E-state index contributed by atoms with van der Waals surface area (Å²) in [5.74, 6) is 1.16. The van der Waals surface area contributed by atoms with Crippen LogP contribution in [0.5, 0.6) is 0 Å². The lowest BCUT2D eigenvalue weighted by atomic mass is 10.1. The fourth-order valence-electron chi connectivity index (χ4n) is 2.65. The SMILES string of the molecule is CCN(C)C[C@H]1CCN(c2c([N+](=O)[O-])ncn2C)C1. The first-order chi connectivity index (χ1) is 9.02. The highest BCUT2D eigenvalue weighted by Gasteiger charge is 2.31. The summed E-state index contributed by atoms with van der Waals surface area (Å²) in [5, 5.41) is 11.0. The Morgan fingerprint density at radius 3 is 3.00 bits per heavy atom. The molecule has 0 aromatic carbocycles. The Bertz CT molecular complexity index is 459. The maximum absolute atomic E-state index is 11.0. The second-order valence-electron chi connectivity index (χ2n) is 5.22. The van der Waals surface area contributed by atoms with E-state index in [4.69, 9.17) is 0 Å². The van der Waals surface area contributed by atoms with E-state index in [1.165, 1.54) is 6.33 Å². The number of nitro groups is 1. The minimum atomic E-state index is -0.402. The molecular formula is C12H21N5O2. The van der Waals surface area contributed by atoms with E-state index in [0.717, 1.165) is 32.6 Å². The smallest absolute Gasteiger partial charge is 0.358 e. The van der Waals surface area contributed by atoms with Gasteiger partial charge < -0.3 is 19.9 Å². The van der Waals surface area contributed by atoms with Gasteiger partial charge in [0.2, 0.25) is 12.1 Å². The Morgan fingerprint density at radius 1 is 1.63 bits per heavy atom. The molecule has 0 radical (unpaired) electrons. The summed E-state index contributed by atoms with van der Waals surface area (Å²) in [6.07, 6.45) is 2.59. The van der Waals surface area contributed by atoms with Crippen molar-refractivity contribution in [2.75, 3.05) is 38.1 Å². The van der Waals surface area contributed by atoms with E-state index in [1.807, 2.05) is 0 Å². The molecule has 7 nitrogen and oxygen atoms in total. The highest BCUT2D eigenvalue weighted by molar-refractivity contribution is 5.55. The van der Waals surface area contributed by atoms with Gasteiger partial charge in [-0.15, -0.1) is 0 Å². The second kappa shape index (κ2) is 5.56. The minimum Gasteiger partial charge on any atom is -0.358 e. The van der Waals surface area contributed by atoms with Crippen molar-refractivity contribution in [3.05, 3.63) is 16.4 Å². The number of nitrogens with zero attached hydrogens (tertiary/aromatic N) is 5. The minimum absolute atomic E-state index is 0.0352. The number of hydrogen-bond donors (Lipinski definition) is 0. The summed E-state index contributed by atoms with van der Waals surface area (Å²) in [6.45, 7) is 5.94. The maximum atomic E-state index is 11.0. The zero-order valence-electron chi connectivity index (χ0n) is 11.7. The second-order valence-corrected chi connectivity index (χ2v) is 5.22. The van der Waals surface area contributed by atoms with E-state index in [2.05, 4.69) is 28.8 Å². The predicted molar refractivity (Wildman–Crippen MR) is 73.4 cm³/mol. The topological polar surface area (TPSA) is 67.4 Å². The van der Waals surface area contributed by atoms with E-state index < -0.39 is 4.92 Å². The van der Waals surface area contributed by atoms with Crippen LogP contribution in [0.3, 0.4) is 0 Å². The molecule has 1 fully saturated rings. The van der Waals surface area contributed by atoms with Crippen molar-refractivity contribution < 1.29 is 4.92 Å². The number of anilines is 1. The van der Waals surface area contributed by atoms with Crippen LogP contribution in [-0.2, 0) is 7.05 Å². The number of aryl methyl sites for hydroxylation is 1. The van der Waals surface area contributed by atoms with E-state index in [0.29, 0.717) is 11.7 Å². The van der Waals surface area contributed by atoms with E-state index in [-0.39, 0.29) is 5.82 Å². The van der Waals surface area contributed by atoms with Gasteiger partial charge in [0.05, 0.1) is 0 Å². The molecule has 106 valence electrons. The zero-order valence-corrected chi connectivity index (χ0v) is 11.7. The van der Waals surface area contributed by atoms with Crippen molar-refractivity contribution >= 4 is 11.6 Å². The van der Waals surface area contributed by atoms with Gasteiger partial charge in [-0.1, -0.05) is 6.92 Å². The lowest BCUT2D eigenvalue weighted by Crippen LogP contribution is -2.28. The van der Waals surface area contributed by atoms with Crippen molar-refractivity contribution in [2.24, 2.45) is 13.0 Å². The van der Waals surface area contributed by atoms with Crippen LogP contribution < -0.4 is 4.90 Å². The molecule has 1 aromatic heterocycles. The van der Waals surface area contributed by atoms with Gasteiger partial charge >= 0.3 is 5.82 Å². The molecule has 19 heavy (non-hydrogen) atoms. The summed E-state index contributed by atoms with van der Waals surface area (Å²) in [4.78, 5) is 18.8. The van der Waals surface area contributed by atoms with Crippen LogP contribution in [0, 0.1) is 16.0 Å². The quantitative estimate of drug-likeness (QED) is 0.590. The zero-order chi connectivity index (χ0) is 14.0. The number of imidazole rings is 1. The van der Waals surface area contributed by atoms with Crippen LogP contribution in [-0.4, -0.2) is 52.6 Å². The van der Waals surface area contributed by atoms with Crippen LogP contribution in [0.2, 0.25) is 0 Å². The normalized spacial score (nSPS) is 19.4. The third-order valence-electron chi connectivity index (χ3n) is 3.76. The molecule has 0 saturated carbocycles. The predicted octanol–water partition coefficient (Wildman–Crippen LogP) is 1.11. The fourth-order valence-corrected chi connectivity index (χ4v) is 2.65. The van der Waals surface area contributed by atoms with E-state index >= 15 is 0 Å². The highest BCUT2D eigenvalue weighted by atomic mass is 16.6. The third kappa shape index (κ3) is 2.86. The number of aromatic nitrogens is 2. The first kappa shape index (κ1) is 13.8. The molecule has 1 aliphatic rings. The van der Waals surface area contributed by atoms with Crippen LogP contribution in [0.25, 0.3) is 0 Å². The van der Waals surface area contributed by atoms with Gasteiger partial charge in [0.15, 0.2) is 0 Å². The highest BCUT2D eigenvalue weighted by Crippen LogP contribution is 2.30. The van der Waals surface area contributed by atoms with Gasteiger partial charge in [-0.05, 0) is 35.8 Å². The summed E-state index contributed by atoms with van der Waals surface area (Å²) >= 11 is 0. The molecule has 7 heteroatoms. The molecule has 1 aromatic rings. The molecule has 0 bridgehead atoms. The summed E-state index contributed by atoms with van der Waals surface area (Å²) in [6, 6.07) is 0. The van der Waals surface area contributed by atoms with Crippen LogP contribution in [0.1, 0.15) is 13.3 Å². The van der Waals surface area contributed by atoms with Gasteiger partial charge in [0.1, 0.15) is 0 Å². The Morgan fingerprint density at radius 2 is 2.37 bits per heavy atom. The van der Waals surface area contributed by atoms with Crippen LogP contribution >= 0.6 is 0 Å². The van der Waals surface area contributed by atoms with E-state index in [1.54, 1.807) is 11.6 Å². The molecule has 0 aliphatic carbocycles. The molecule has 0 spiro atoms. The van der Waals surface area contributed by atoms with Crippen molar-refractivity contribution in [1.82, 2.24) is 14.5 Å². The number of hydrogen-bond acceptors (Lipinski definition) is 5. The Kier molecular flexibility index (Phi) is 4.04. The standard InChI is InChI=1S/C12H21N5O2/c1-4-14(2)7-10-5-6-16(8-10)12-11(17(18)19)13-9-15(12)3/h9-10H,4-8H2,1-3H3/t10-/m1/s1. The fraction of sp³-hybridized carbons (Fsp3) is 0.750. The average molecular weight is 267 g/mol.